The molecule has 138 valence electrons. The number of carbonyl (C=O) groups is 1. The zero-order valence-corrected chi connectivity index (χ0v) is 16.0. The van der Waals surface area contributed by atoms with Crippen molar-refractivity contribution in [2.24, 2.45) is 0 Å². The Labute approximate surface area is 160 Å². The van der Waals surface area contributed by atoms with Crippen LogP contribution < -0.4 is 4.74 Å². The molecule has 4 heteroatoms. The van der Waals surface area contributed by atoms with Crippen molar-refractivity contribution >= 4 is 5.91 Å². The minimum atomic E-state index is -0.0531. The second-order valence-electron chi connectivity index (χ2n) is 6.65. The van der Waals surface area contributed by atoms with Gasteiger partial charge in [-0.1, -0.05) is 42.0 Å². The van der Waals surface area contributed by atoms with Crippen molar-refractivity contribution in [1.82, 2.24) is 9.88 Å². The van der Waals surface area contributed by atoms with Gasteiger partial charge in [-0.25, -0.2) is 0 Å². The molecule has 0 saturated carbocycles. The van der Waals surface area contributed by atoms with E-state index in [2.05, 4.69) is 24.0 Å². The molecule has 0 fully saturated rings. The molecule has 0 aliphatic carbocycles. The minimum Gasteiger partial charge on any atom is -0.496 e. The van der Waals surface area contributed by atoms with Crippen LogP contribution in [0.15, 0.2) is 67.0 Å². The summed E-state index contributed by atoms with van der Waals surface area (Å²) in [7, 11) is 1.59. The molecule has 0 unspecified atom stereocenters. The van der Waals surface area contributed by atoms with Crippen LogP contribution in [0.1, 0.15) is 32.6 Å². The van der Waals surface area contributed by atoms with Crippen LogP contribution in [0.4, 0.5) is 0 Å². The third-order valence-electron chi connectivity index (χ3n) is 4.59. The second-order valence-corrected chi connectivity index (χ2v) is 6.65. The lowest BCUT2D eigenvalue weighted by atomic mass is 10.1. The molecule has 4 nitrogen and oxygen atoms in total. The highest BCUT2D eigenvalue weighted by Gasteiger charge is 2.21. The molecule has 0 aliphatic rings. The Morgan fingerprint density at radius 2 is 1.85 bits per heavy atom. The number of ether oxygens (including phenoxy) is 1. The van der Waals surface area contributed by atoms with E-state index < -0.39 is 0 Å². The first kappa shape index (κ1) is 18.6. The molecule has 0 N–H and O–H groups in total. The van der Waals surface area contributed by atoms with E-state index in [0.717, 1.165) is 22.3 Å². The summed E-state index contributed by atoms with van der Waals surface area (Å²) >= 11 is 0. The van der Waals surface area contributed by atoms with Crippen LogP contribution in [0.25, 0.3) is 0 Å². The van der Waals surface area contributed by atoms with E-state index in [4.69, 9.17) is 4.74 Å². The summed E-state index contributed by atoms with van der Waals surface area (Å²) in [5.41, 5.74) is 4.89. The number of hydrogen-bond donors (Lipinski definition) is 0. The van der Waals surface area contributed by atoms with Gasteiger partial charge in [-0.3, -0.25) is 9.78 Å². The lowest BCUT2D eigenvalue weighted by Gasteiger charge is -2.25. The number of pyridine rings is 1. The quantitative estimate of drug-likeness (QED) is 0.648. The minimum absolute atomic E-state index is 0.0531. The molecular formula is C23H24N2O2. The predicted molar refractivity (Wildman–Crippen MR) is 107 cm³/mol. The van der Waals surface area contributed by atoms with Crippen LogP contribution in [0.5, 0.6) is 5.75 Å². The first-order chi connectivity index (χ1) is 13.1. The molecule has 0 radical (unpaired) electrons. The van der Waals surface area contributed by atoms with Gasteiger partial charge in [0, 0.05) is 25.5 Å². The van der Waals surface area contributed by atoms with Crippen LogP contribution >= 0.6 is 0 Å². The maximum atomic E-state index is 13.4. The van der Waals surface area contributed by atoms with E-state index >= 15 is 0 Å². The van der Waals surface area contributed by atoms with Gasteiger partial charge in [0.1, 0.15) is 5.75 Å². The van der Waals surface area contributed by atoms with E-state index in [1.807, 2.05) is 54.3 Å². The average Bonchev–Trinajstić information content (AvgIpc) is 2.69. The molecule has 0 bridgehead atoms. The van der Waals surface area contributed by atoms with E-state index in [1.165, 1.54) is 0 Å². The van der Waals surface area contributed by atoms with Gasteiger partial charge in [0.05, 0.1) is 12.7 Å². The lowest BCUT2D eigenvalue weighted by Crippen LogP contribution is -2.31. The van der Waals surface area contributed by atoms with E-state index in [-0.39, 0.29) is 5.91 Å². The van der Waals surface area contributed by atoms with Crippen LogP contribution in [0, 0.1) is 13.8 Å². The molecule has 1 heterocycles. The van der Waals surface area contributed by atoms with Gasteiger partial charge in [0.25, 0.3) is 5.91 Å². The number of rotatable bonds is 6. The van der Waals surface area contributed by atoms with Gasteiger partial charge in [0.15, 0.2) is 0 Å². The predicted octanol–water partition coefficient (Wildman–Crippen LogP) is 4.55. The smallest absolute Gasteiger partial charge is 0.258 e. The first-order valence-corrected chi connectivity index (χ1v) is 8.96. The van der Waals surface area contributed by atoms with E-state index in [0.29, 0.717) is 24.4 Å². The molecule has 0 saturated heterocycles. The zero-order chi connectivity index (χ0) is 19.2. The number of hydrogen-bond acceptors (Lipinski definition) is 3. The monoisotopic (exact) mass is 360 g/mol. The van der Waals surface area contributed by atoms with E-state index in [1.54, 1.807) is 19.5 Å². The Bertz CT molecular complexity index is 923. The molecule has 1 amide bonds. The van der Waals surface area contributed by atoms with Crippen molar-refractivity contribution < 1.29 is 9.53 Å². The van der Waals surface area contributed by atoms with Gasteiger partial charge < -0.3 is 9.64 Å². The van der Waals surface area contributed by atoms with Crippen molar-refractivity contribution in [3.8, 4) is 5.75 Å². The molecule has 3 aromatic rings. The average molecular weight is 360 g/mol. The number of aromatic nitrogens is 1. The summed E-state index contributed by atoms with van der Waals surface area (Å²) < 4.78 is 5.44. The third-order valence-corrected chi connectivity index (χ3v) is 4.59. The van der Waals surface area contributed by atoms with E-state index in [9.17, 15) is 4.79 Å². The fraction of sp³-hybridized carbons (Fsp3) is 0.217. The Balaban J connectivity index is 1.97. The third kappa shape index (κ3) is 4.53. The highest BCUT2D eigenvalue weighted by Crippen LogP contribution is 2.24. The molecule has 1 aromatic heterocycles. The largest absolute Gasteiger partial charge is 0.496 e. The van der Waals surface area contributed by atoms with Crippen molar-refractivity contribution in [1.29, 1.82) is 0 Å². The number of methoxy groups -OCH3 is 1. The van der Waals surface area contributed by atoms with Crippen LogP contribution in [0.2, 0.25) is 0 Å². The summed E-state index contributed by atoms with van der Waals surface area (Å²) in [4.78, 5) is 19.4. The van der Waals surface area contributed by atoms with Gasteiger partial charge in [-0.15, -0.1) is 0 Å². The number of benzene rings is 2. The highest BCUT2D eigenvalue weighted by molar-refractivity contribution is 5.97. The Kier molecular flexibility index (Phi) is 5.87. The molecular weight excluding hydrogens is 336 g/mol. The SMILES string of the molecule is COc1ccc(C)cc1C(=O)N(Cc1cccnc1)Cc1ccccc1C. The van der Waals surface area contributed by atoms with Gasteiger partial charge in [-0.05, 0) is 48.7 Å². The number of carbonyl (C=O) groups excluding carboxylic acids is 1. The Hall–Kier alpha value is -3.14. The van der Waals surface area contributed by atoms with Gasteiger partial charge in [0.2, 0.25) is 0 Å². The summed E-state index contributed by atoms with van der Waals surface area (Å²) in [6.07, 6.45) is 3.53. The molecule has 27 heavy (non-hydrogen) atoms. The first-order valence-electron chi connectivity index (χ1n) is 8.96. The molecule has 3 rings (SSSR count). The van der Waals surface area contributed by atoms with Crippen molar-refractivity contribution in [2.75, 3.05) is 7.11 Å². The van der Waals surface area contributed by atoms with Crippen LogP contribution in [-0.4, -0.2) is 22.9 Å². The molecule has 0 aliphatic heterocycles. The number of aryl methyl sites for hydroxylation is 2. The van der Waals surface area contributed by atoms with Gasteiger partial charge >= 0.3 is 0 Å². The Morgan fingerprint density at radius 1 is 1.04 bits per heavy atom. The zero-order valence-electron chi connectivity index (χ0n) is 16.0. The van der Waals surface area contributed by atoms with Crippen LogP contribution in [0.3, 0.4) is 0 Å². The summed E-state index contributed by atoms with van der Waals surface area (Å²) in [6, 6.07) is 17.7. The standard InChI is InChI=1S/C23H24N2O2/c1-17-10-11-22(27-3)21(13-17)23(26)25(15-19-8-6-12-24-14-19)16-20-9-5-4-7-18(20)2/h4-14H,15-16H2,1-3H3. The summed E-state index contributed by atoms with van der Waals surface area (Å²) in [5.74, 6) is 0.536. The number of nitrogens with zero attached hydrogens (tertiary/aromatic N) is 2. The number of amides is 1. The highest BCUT2D eigenvalue weighted by atomic mass is 16.5. The lowest BCUT2D eigenvalue weighted by molar-refractivity contribution is 0.0726. The van der Waals surface area contributed by atoms with Crippen molar-refractivity contribution in [3.63, 3.8) is 0 Å². The summed E-state index contributed by atoms with van der Waals surface area (Å²) in [5, 5.41) is 0. The Morgan fingerprint density at radius 3 is 2.56 bits per heavy atom. The fourth-order valence-electron chi connectivity index (χ4n) is 3.06. The maximum Gasteiger partial charge on any atom is 0.258 e. The second kappa shape index (κ2) is 8.49. The van der Waals surface area contributed by atoms with Crippen LogP contribution in [-0.2, 0) is 13.1 Å². The molecule has 2 aromatic carbocycles. The van der Waals surface area contributed by atoms with Crippen molar-refractivity contribution in [2.45, 2.75) is 26.9 Å². The normalized spacial score (nSPS) is 10.5. The molecule has 0 atom stereocenters. The van der Waals surface area contributed by atoms with Crippen molar-refractivity contribution in [3.05, 3.63) is 94.8 Å². The fourth-order valence-corrected chi connectivity index (χ4v) is 3.06. The maximum absolute atomic E-state index is 13.4. The topological polar surface area (TPSA) is 42.4 Å². The van der Waals surface area contributed by atoms with Gasteiger partial charge in [-0.2, -0.15) is 0 Å². The summed E-state index contributed by atoms with van der Waals surface area (Å²) in [6.45, 7) is 5.05. The molecule has 0 spiro atoms.